The number of rotatable bonds is 7. The van der Waals surface area contributed by atoms with Crippen molar-refractivity contribution in [3.63, 3.8) is 0 Å². The van der Waals surface area contributed by atoms with Crippen molar-refractivity contribution in [2.75, 3.05) is 10.6 Å². The van der Waals surface area contributed by atoms with E-state index in [1.54, 1.807) is 42.5 Å². The molecule has 0 bridgehead atoms. The normalized spacial score (nSPS) is 10.5. The number of ether oxygens (including phenoxy) is 1. The van der Waals surface area contributed by atoms with E-state index in [1.165, 1.54) is 19.3 Å². The monoisotopic (exact) mass is 390 g/mol. The standard InChI is InChI=1S/C22H22N4O3/c1-14(2)29-19-9-7-17(8-10-19)26-22(28)20-12-24-21(13-23-20)25-18-6-4-5-16(11-18)15(3)27/h4-14H,1-3H3,(H,24,25)(H,26,28). The molecule has 0 atom stereocenters. The van der Waals surface area contributed by atoms with Crippen molar-refractivity contribution in [3.8, 4) is 5.75 Å². The van der Waals surface area contributed by atoms with E-state index in [0.717, 1.165) is 5.75 Å². The van der Waals surface area contributed by atoms with Gasteiger partial charge < -0.3 is 15.4 Å². The van der Waals surface area contributed by atoms with Crippen molar-refractivity contribution in [3.05, 3.63) is 72.2 Å². The van der Waals surface area contributed by atoms with Crippen LogP contribution >= 0.6 is 0 Å². The SMILES string of the molecule is CC(=O)c1cccc(Nc2cnc(C(=O)Nc3ccc(OC(C)C)cc3)cn2)c1. The van der Waals surface area contributed by atoms with Crippen molar-refractivity contribution < 1.29 is 14.3 Å². The fourth-order valence-corrected chi connectivity index (χ4v) is 2.56. The van der Waals surface area contributed by atoms with Gasteiger partial charge in [-0.05, 0) is 57.2 Å². The Hall–Kier alpha value is -3.74. The highest BCUT2D eigenvalue weighted by Crippen LogP contribution is 2.18. The van der Waals surface area contributed by atoms with Gasteiger partial charge in [-0.25, -0.2) is 9.97 Å². The number of nitrogens with one attached hydrogen (secondary N) is 2. The second kappa shape index (κ2) is 8.97. The Labute approximate surface area is 169 Å². The molecule has 0 spiro atoms. The van der Waals surface area contributed by atoms with Gasteiger partial charge in [-0.3, -0.25) is 9.59 Å². The van der Waals surface area contributed by atoms with E-state index in [4.69, 9.17) is 4.74 Å². The Bertz CT molecular complexity index is 999. The average Bonchev–Trinajstić information content (AvgIpc) is 2.70. The van der Waals surface area contributed by atoms with E-state index in [0.29, 0.717) is 22.8 Å². The molecule has 0 saturated carbocycles. The molecule has 0 aliphatic rings. The Morgan fingerprint density at radius 2 is 1.72 bits per heavy atom. The fourth-order valence-electron chi connectivity index (χ4n) is 2.56. The highest BCUT2D eigenvalue weighted by Gasteiger charge is 2.09. The molecule has 1 heterocycles. The molecular formula is C22H22N4O3. The average molecular weight is 390 g/mol. The highest BCUT2D eigenvalue weighted by molar-refractivity contribution is 6.02. The molecule has 1 aromatic heterocycles. The van der Waals surface area contributed by atoms with Gasteiger partial charge in [-0.2, -0.15) is 0 Å². The topological polar surface area (TPSA) is 93.2 Å². The Morgan fingerprint density at radius 3 is 2.34 bits per heavy atom. The Kier molecular flexibility index (Phi) is 6.19. The van der Waals surface area contributed by atoms with E-state index in [1.807, 2.05) is 19.9 Å². The predicted molar refractivity (Wildman–Crippen MR) is 112 cm³/mol. The smallest absolute Gasteiger partial charge is 0.275 e. The lowest BCUT2D eigenvalue weighted by Gasteiger charge is -2.10. The molecule has 0 saturated heterocycles. The summed E-state index contributed by atoms with van der Waals surface area (Å²) in [5.74, 6) is 0.829. The van der Waals surface area contributed by atoms with Crippen LogP contribution in [0.2, 0.25) is 0 Å². The molecule has 7 nitrogen and oxygen atoms in total. The minimum absolute atomic E-state index is 0.0180. The summed E-state index contributed by atoms with van der Waals surface area (Å²) in [4.78, 5) is 32.2. The Balaban J connectivity index is 1.63. The van der Waals surface area contributed by atoms with E-state index < -0.39 is 0 Å². The zero-order valence-electron chi connectivity index (χ0n) is 16.5. The maximum atomic E-state index is 12.4. The third-order valence-electron chi connectivity index (χ3n) is 3.91. The number of carbonyl (C=O) groups is 2. The van der Waals surface area contributed by atoms with Crippen LogP contribution in [0.15, 0.2) is 60.9 Å². The molecular weight excluding hydrogens is 368 g/mol. The molecule has 0 aliphatic heterocycles. The van der Waals surface area contributed by atoms with Crippen LogP contribution in [0, 0.1) is 0 Å². The summed E-state index contributed by atoms with van der Waals surface area (Å²) in [5, 5.41) is 5.84. The molecule has 29 heavy (non-hydrogen) atoms. The van der Waals surface area contributed by atoms with Crippen molar-refractivity contribution in [1.29, 1.82) is 0 Å². The molecule has 0 radical (unpaired) electrons. The first-order chi connectivity index (χ1) is 13.9. The van der Waals surface area contributed by atoms with Crippen LogP contribution < -0.4 is 15.4 Å². The second-order valence-electron chi connectivity index (χ2n) is 6.69. The maximum absolute atomic E-state index is 12.4. The molecule has 3 aromatic rings. The molecule has 148 valence electrons. The van der Waals surface area contributed by atoms with Gasteiger partial charge in [0.15, 0.2) is 5.78 Å². The number of hydrogen-bond donors (Lipinski definition) is 2. The molecule has 0 unspecified atom stereocenters. The second-order valence-corrected chi connectivity index (χ2v) is 6.69. The van der Waals surface area contributed by atoms with Crippen molar-refractivity contribution in [1.82, 2.24) is 9.97 Å². The third-order valence-corrected chi connectivity index (χ3v) is 3.91. The van der Waals surface area contributed by atoms with Crippen LogP contribution in [-0.4, -0.2) is 27.8 Å². The van der Waals surface area contributed by atoms with E-state index in [9.17, 15) is 9.59 Å². The van der Waals surface area contributed by atoms with E-state index >= 15 is 0 Å². The van der Waals surface area contributed by atoms with Crippen LogP contribution in [0.1, 0.15) is 41.6 Å². The zero-order chi connectivity index (χ0) is 20.8. The fraction of sp³-hybridized carbons (Fsp3) is 0.182. The van der Waals surface area contributed by atoms with Crippen molar-refractivity contribution >= 4 is 28.9 Å². The third kappa shape index (κ3) is 5.62. The van der Waals surface area contributed by atoms with Crippen LogP contribution in [0.3, 0.4) is 0 Å². The highest BCUT2D eigenvalue weighted by atomic mass is 16.5. The molecule has 7 heteroatoms. The minimum atomic E-state index is -0.361. The van der Waals surface area contributed by atoms with Gasteiger partial charge in [0.05, 0.1) is 18.5 Å². The lowest BCUT2D eigenvalue weighted by molar-refractivity contribution is 0.101. The lowest BCUT2D eigenvalue weighted by Crippen LogP contribution is -2.14. The van der Waals surface area contributed by atoms with Crippen LogP contribution in [0.4, 0.5) is 17.2 Å². The summed E-state index contributed by atoms with van der Waals surface area (Å²) in [6.07, 6.45) is 2.94. The van der Waals surface area contributed by atoms with Gasteiger partial charge in [0.2, 0.25) is 0 Å². The molecule has 0 aliphatic carbocycles. The summed E-state index contributed by atoms with van der Waals surface area (Å²) >= 11 is 0. The van der Waals surface area contributed by atoms with Gasteiger partial charge in [-0.1, -0.05) is 12.1 Å². The lowest BCUT2D eigenvalue weighted by atomic mass is 10.1. The molecule has 2 N–H and O–H groups in total. The molecule has 3 rings (SSSR count). The summed E-state index contributed by atoms with van der Waals surface area (Å²) in [6, 6.07) is 14.2. The number of ketones is 1. The molecule has 1 amide bonds. The zero-order valence-corrected chi connectivity index (χ0v) is 16.5. The first-order valence-electron chi connectivity index (χ1n) is 9.19. The summed E-state index contributed by atoms with van der Waals surface area (Å²) in [5.41, 5.74) is 2.14. The van der Waals surface area contributed by atoms with Crippen molar-refractivity contribution in [2.45, 2.75) is 26.9 Å². The summed E-state index contributed by atoms with van der Waals surface area (Å²) in [7, 11) is 0. The van der Waals surface area contributed by atoms with Gasteiger partial charge in [0, 0.05) is 16.9 Å². The van der Waals surface area contributed by atoms with Crippen molar-refractivity contribution in [2.24, 2.45) is 0 Å². The number of Topliss-reactive ketones (excluding diaryl/α,β-unsaturated/α-hetero) is 1. The first kappa shape index (κ1) is 20.0. The van der Waals surface area contributed by atoms with Gasteiger partial charge in [-0.15, -0.1) is 0 Å². The largest absolute Gasteiger partial charge is 0.491 e. The number of nitrogens with zero attached hydrogens (tertiary/aromatic N) is 2. The van der Waals surface area contributed by atoms with Crippen LogP contribution in [0.25, 0.3) is 0 Å². The van der Waals surface area contributed by atoms with Gasteiger partial charge >= 0.3 is 0 Å². The van der Waals surface area contributed by atoms with E-state index in [2.05, 4.69) is 20.6 Å². The van der Waals surface area contributed by atoms with E-state index in [-0.39, 0.29) is 23.5 Å². The van der Waals surface area contributed by atoms with Crippen LogP contribution in [-0.2, 0) is 0 Å². The quantitative estimate of drug-likeness (QED) is 0.579. The Morgan fingerprint density at radius 1 is 0.966 bits per heavy atom. The number of amides is 1. The van der Waals surface area contributed by atoms with Crippen LogP contribution in [0.5, 0.6) is 5.75 Å². The first-order valence-corrected chi connectivity index (χ1v) is 9.19. The molecule has 2 aromatic carbocycles. The summed E-state index contributed by atoms with van der Waals surface area (Å²) in [6.45, 7) is 5.41. The summed E-state index contributed by atoms with van der Waals surface area (Å²) < 4.78 is 5.58. The minimum Gasteiger partial charge on any atom is -0.491 e. The molecule has 0 fully saturated rings. The van der Waals surface area contributed by atoms with Gasteiger partial charge in [0.1, 0.15) is 17.3 Å². The number of anilines is 3. The number of aromatic nitrogens is 2. The number of hydrogen-bond acceptors (Lipinski definition) is 6. The number of benzene rings is 2. The van der Waals surface area contributed by atoms with Gasteiger partial charge in [0.25, 0.3) is 5.91 Å². The number of carbonyl (C=O) groups excluding carboxylic acids is 2. The predicted octanol–water partition coefficient (Wildman–Crippen LogP) is 4.46. The maximum Gasteiger partial charge on any atom is 0.275 e.